The van der Waals surface area contributed by atoms with Crippen molar-refractivity contribution < 1.29 is 0 Å². The Morgan fingerprint density at radius 3 is 2.83 bits per heavy atom. The Labute approximate surface area is 178 Å². The maximum atomic E-state index is 6.09. The fourth-order valence-corrected chi connectivity index (χ4v) is 4.03. The Bertz CT molecular complexity index is 1200. The number of aromatic nitrogens is 8. The summed E-state index contributed by atoms with van der Waals surface area (Å²) in [5, 5.41) is 22.7. The van der Waals surface area contributed by atoms with Gasteiger partial charge < -0.3 is 4.90 Å². The highest BCUT2D eigenvalue weighted by molar-refractivity contribution is 6.30. The summed E-state index contributed by atoms with van der Waals surface area (Å²) in [5.41, 5.74) is 2.71. The molecule has 0 aliphatic carbocycles. The summed E-state index contributed by atoms with van der Waals surface area (Å²) in [6, 6.07) is 11.3. The van der Waals surface area contributed by atoms with Crippen LogP contribution in [0.4, 0.5) is 5.95 Å². The van der Waals surface area contributed by atoms with Crippen molar-refractivity contribution >= 4 is 17.5 Å². The van der Waals surface area contributed by atoms with E-state index in [0.717, 1.165) is 48.1 Å². The van der Waals surface area contributed by atoms with E-state index in [2.05, 4.69) is 35.5 Å². The number of nitrogens with zero attached hydrogens (tertiary/aromatic N) is 9. The number of tetrazole rings is 1. The van der Waals surface area contributed by atoms with E-state index in [1.807, 2.05) is 54.9 Å². The molecule has 0 amide bonds. The Balaban J connectivity index is 1.45. The zero-order valence-corrected chi connectivity index (χ0v) is 17.4. The third kappa shape index (κ3) is 3.30. The molecular weight excluding hydrogens is 402 g/mol. The first-order chi connectivity index (χ1) is 14.6. The van der Waals surface area contributed by atoms with Gasteiger partial charge in [0.25, 0.3) is 0 Å². The molecule has 1 saturated heterocycles. The van der Waals surface area contributed by atoms with Crippen LogP contribution in [0.5, 0.6) is 0 Å². The van der Waals surface area contributed by atoms with E-state index in [1.54, 1.807) is 6.20 Å². The fraction of sp³-hybridized carbons (Fsp3) is 0.300. The van der Waals surface area contributed by atoms with Crippen molar-refractivity contribution in [2.45, 2.75) is 25.8 Å². The normalized spacial score (nSPS) is 16.4. The van der Waals surface area contributed by atoms with E-state index in [9.17, 15) is 0 Å². The third-order valence-electron chi connectivity index (χ3n) is 5.28. The molecular formula is C20H20ClN9. The molecule has 5 rings (SSSR count). The SMILES string of the molecule is Cc1cc(-c2nnc(N3CCCC3c3nnn(-c4cccc(Cl)c4)n3)n2C)ccn1. The highest BCUT2D eigenvalue weighted by atomic mass is 35.5. The standard InChI is InChI=1S/C20H20ClN9/c1-13-11-14(8-9-22-13)19-24-25-20(28(19)2)29-10-4-7-17(29)18-23-27-30(26-18)16-6-3-5-15(21)12-16/h3,5-6,8-9,11-12,17H,4,7,10H2,1-2H3. The van der Waals surface area contributed by atoms with Crippen LogP contribution >= 0.6 is 11.6 Å². The Hall–Kier alpha value is -3.33. The fourth-order valence-electron chi connectivity index (χ4n) is 3.85. The van der Waals surface area contributed by atoms with Gasteiger partial charge in [-0.05, 0) is 55.3 Å². The predicted octanol–water partition coefficient (Wildman–Crippen LogP) is 3.16. The first kappa shape index (κ1) is 18.7. The van der Waals surface area contributed by atoms with Gasteiger partial charge in [0, 0.05) is 36.1 Å². The summed E-state index contributed by atoms with van der Waals surface area (Å²) in [7, 11) is 1.98. The van der Waals surface area contributed by atoms with E-state index in [1.165, 1.54) is 4.80 Å². The minimum atomic E-state index is -0.00661. The lowest BCUT2D eigenvalue weighted by Gasteiger charge is -2.22. The second kappa shape index (κ2) is 7.49. The lowest BCUT2D eigenvalue weighted by atomic mass is 10.2. The molecule has 0 spiro atoms. The monoisotopic (exact) mass is 421 g/mol. The lowest BCUT2D eigenvalue weighted by molar-refractivity contribution is 0.639. The summed E-state index contributed by atoms with van der Waals surface area (Å²) < 4.78 is 2.01. The van der Waals surface area contributed by atoms with Crippen molar-refractivity contribution in [3.8, 4) is 17.1 Å². The van der Waals surface area contributed by atoms with Crippen molar-refractivity contribution in [2.24, 2.45) is 7.05 Å². The Morgan fingerprint density at radius 1 is 1.10 bits per heavy atom. The number of benzene rings is 1. The average molecular weight is 422 g/mol. The number of anilines is 1. The van der Waals surface area contributed by atoms with Crippen molar-refractivity contribution in [3.63, 3.8) is 0 Å². The number of pyridine rings is 1. The number of halogens is 1. The van der Waals surface area contributed by atoms with Crippen LogP contribution in [0.25, 0.3) is 17.1 Å². The Morgan fingerprint density at radius 2 is 2.00 bits per heavy atom. The molecule has 9 nitrogen and oxygen atoms in total. The van der Waals surface area contributed by atoms with Crippen LogP contribution in [0.15, 0.2) is 42.6 Å². The van der Waals surface area contributed by atoms with Gasteiger partial charge in [-0.1, -0.05) is 17.7 Å². The minimum absolute atomic E-state index is 0.00661. The Kier molecular flexibility index (Phi) is 4.66. The van der Waals surface area contributed by atoms with Gasteiger partial charge >= 0.3 is 0 Å². The molecule has 30 heavy (non-hydrogen) atoms. The molecule has 0 saturated carbocycles. The lowest BCUT2D eigenvalue weighted by Crippen LogP contribution is -2.26. The molecule has 10 heteroatoms. The summed E-state index contributed by atoms with van der Waals surface area (Å²) in [6.07, 6.45) is 3.74. The van der Waals surface area contributed by atoms with Crippen molar-refractivity contribution in [1.29, 1.82) is 0 Å². The van der Waals surface area contributed by atoms with Crippen LogP contribution in [-0.4, -0.2) is 46.5 Å². The highest BCUT2D eigenvalue weighted by Gasteiger charge is 2.33. The molecule has 152 valence electrons. The zero-order valence-electron chi connectivity index (χ0n) is 16.6. The van der Waals surface area contributed by atoms with E-state index in [4.69, 9.17) is 11.6 Å². The van der Waals surface area contributed by atoms with Gasteiger partial charge in [0.05, 0.1) is 11.7 Å². The molecule has 0 N–H and O–H groups in total. The molecule has 1 unspecified atom stereocenters. The van der Waals surface area contributed by atoms with Gasteiger partial charge in [-0.15, -0.1) is 25.2 Å². The van der Waals surface area contributed by atoms with Crippen LogP contribution in [0.3, 0.4) is 0 Å². The van der Waals surface area contributed by atoms with Crippen LogP contribution < -0.4 is 4.90 Å². The van der Waals surface area contributed by atoms with Crippen molar-refractivity contribution in [1.82, 2.24) is 40.0 Å². The van der Waals surface area contributed by atoms with Gasteiger partial charge in [0.1, 0.15) is 0 Å². The number of hydrogen-bond donors (Lipinski definition) is 0. The summed E-state index contributed by atoms with van der Waals surface area (Å²) in [5.74, 6) is 2.26. The molecule has 0 radical (unpaired) electrons. The molecule has 1 aliphatic rings. The van der Waals surface area contributed by atoms with Crippen LogP contribution in [0, 0.1) is 6.92 Å². The largest absolute Gasteiger partial charge is 0.330 e. The molecule has 1 atom stereocenters. The second-order valence-corrected chi connectivity index (χ2v) is 7.77. The molecule has 1 aromatic carbocycles. The van der Waals surface area contributed by atoms with Crippen LogP contribution in [0.2, 0.25) is 5.02 Å². The maximum Gasteiger partial charge on any atom is 0.227 e. The summed E-state index contributed by atoms with van der Waals surface area (Å²) >= 11 is 6.09. The smallest absolute Gasteiger partial charge is 0.227 e. The minimum Gasteiger partial charge on any atom is -0.330 e. The van der Waals surface area contributed by atoms with Gasteiger partial charge in [-0.2, -0.15) is 0 Å². The topological polar surface area (TPSA) is 90.4 Å². The highest BCUT2D eigenvalue weighted by Crippen LogP contribution is 2.34. The average Bonchev–Trinajstić information content (AvgIpc) is 3.47. The van der Waals surface area contributed by atoms with E-state index in [-0.39, 0.29) is 6.04 Å². The molecule has 0 bridgehead atoms. The number of rotatable bonds is 4. The number of aryl methyl sites for hydroxylation is 1. The first-order valence-corrected chi connectivity index (χ1v) is 10.1. The number of hydrogen-bond acceptors (Lipinski definition) is 7. The summed E-state index contributed by atoms with van der Waals surface area (Å²) in [4.78, 5) is 7.97. The summed E-state index contributed by atoms with van der Waals surface area (Å²) in [6.45, 7) is 2.82. The van der Waals surface area contributed by atoms with E-state index >= 15 is 0 Å². The van der Waals surface area contributed by atoms with Gasteiger partial charge in [-0.3, -0.25) is 9.55 Å². The molecule has 4 aromatic rings. The van der Waals surface area contributed by atoms with Gasteiger partial charge in [-0.25, -0.2) is 0 Å². The van der Waals surface area contributed by atoms with Crippen LogP contribution in [-0.2, 0) is 7.05 Å². The van der Waals surface area contributed by atoms with Crippen molar-refractivity contribution in [2.75, 3.05) is 11.4 Å². The zero-order chi connectivity index (χ0) is 20.7. The second-order valence-electron chi connectivity index (χ2n) is 7.34. The predicted molar refractivity (Wildman–Crippen MR) is 112 cm³/mol. The molecule has 1 fully saturated rings. The van der Waals surface area contributed by atoms with Gasteiger partial charge in [0.15, 0.2) is 11.6 Å². The van der Waals surface area contributed by atoms with E-state index < -0.39 is 0 Å². The molecule has 4 heterocycles. The van der Waals surface area contributed by atoms with E-state index in [0.29, 0.717) is 10.8 Å². The first-order valence-electron chi connectivity index (χ1n) is 9.75. The molecule has 1 aliphatic heterocycles. The maximum absolute atomic E-state index is 6.09. The quantitative estimate of drug-likeness (QED) is 0.499. The van der Waals surface area contributed by atoms with Crippen molar-refractivity contribution in [3.05, 3.63) is 59.1 Å². The van der Waals surface area contributed by atoms with Crippen LogP contribution in [0.1, 0.15) is 30.4 Å². The third-order valence-corrected chi connectivity index (χ3v) is 5.52. The molecule has 3 aromatic heterocycles. The van der Waals surface area contributed by atoms with Gasteiger partial charge in [0.2, 0.25) is 5.95 Å².